The van der Waals surface area contributed by atoms with Crippen LogP contribution in [0.4, 0.5) is 13.2 Å². The molecule has 0 N–H and O–H groups in total. The molecule has 1 aromatic rings. The second-order valence-corrected chi connectivity index (χ2v) is 3.64. The maximum atomic E-state index is 12.1. The zero-order valence-corrected chi connectivity index (χ0v) is 9.24. The second-order valence-electron chi connectivity index (χ2n) is 3.20. The minimum atomic E-state index is -4.85. The van der Waals surface area contributed by atoms with Crippen LogP contribution in [0.25, 0.3) is 0 Å². The summed E-state index contributed by atoms with van der Waals surface area (Å²) in [5.74, 6) is -1.07. The lowest BCUT2D eigenvalue weighted by molar-refractivity contribution is -0.274. The van der Waals surface area contributed by atoms with Gasteiger partial charge in [-0.15, -0.1) is 13.2 Å². The molecule has 0 saturated heterocycles. The Morgan fingerprint density at radius 3 is 2.38 bits per heavy atom. The van der Waals surface area contributed by atoms with Gasteiger partial charge in [0.25, 0.3) is 0 Å². The third kappa shape index (κ3) is 3.13. The Morgan fingerprint density at radius 1 is 1.38 bits per heavy atom. The van der Waals surface area contributed by atoms with Gasteiger partial charge in [0.1, 0.15) is 5.75 Å². The van der Waals surface area contributed by atoms with Gasteiger partial charge in [0.15, 0.2) is 5.78 Å². The summed E-state index contributed by atoms with van der Waals surface area (Å²) < 4.78 is 40.0. The van der Waals surface area contributed by atoms with Crippen molar-refractivity contribution >= 4 is 17.4 Å². The highest BCUT2D eigenvalue weighted by Crippen LogP contribution is 2.31. The van der Waals surface area contributed by atoms with Crippen molar-refractivity contribution in [3.63, 3.8) is 0 Å². The van der Waals surface area contributed by atoms with Crippen LogP contribution < -0.4 is 4.74 Å². The van der Waals surface area contributed by atoms with Gasteiger partial charge in [0.05, 0.1) is 5.56 Å². The highest BCUT2D eigenvalue weighted by atomic mass is 35.5. The van der Waals surface area contributed by atoms with Gasteiger partial charge in [-0.1, -0.05) is 11.6 Å². The minimum absolute atomic E-state index is 0.0850. The van der Waals surface area contributed by atoms with Crippen molar-refractivity contribution in [1.82, 2.24) is 0 Å². The normalized spacial score (nSPS) is 11.4. The third-order valence-electron chi connectivity index (χ3n) is 1.84. The van der Waals surface area contributed by atoms with Gasteiger partial charge >= 0.3 is 6.36 Å². The molecule has 1 rings (SSSR count). The molecule has 0 amide bonds. The van der Waals surface area contributed by atoms with Crippen molar-refractivity contribution in [2.75, 3.05) is 0 Å². The smallest absolute Gasteiger partial charge is 0.405 e. The van der Waals surface area contributed by atoms with Crippen molar-refractivity contribution < 1.29 is 22.7 Å². The number of carbonyl (C=O) groups is 1. The van der Waals surface area contributed by atoms with Crippen LogP contribution in [0.15, 0.2) is 12.1 Å². The molecule has 0 spiro atoms. The number of Topliss-reactive ketones (excluding diaryl/α,β-unsaturated/α-hetero) is 1. The van der Waals surface area contributed by atoms with E-state index in [1.54, 1.807) is 0 Å². The average molecular weight is 253 g/mol. The summed E-state index contributed by atoms with van der Waals surface area (Å²) >= 11 is 5.60. The van der Waals surface area contributed by atoms with Gasteiger partial charge in [-0.3, -0.25) is 4.79 Å². The predicted octanol–water partition coefficient (Wildman–Crippen LogP) is 3.75. The van der Waals surface area contributed by atoms with Crippen molar-refractivity contribution in [3.8, 4) is 5.75 Å². The number of ketones is 1. The lowest BCUT2D eigenvalue weighted by Crippen LogP contribution is -2.19. The first-order valence-corrected chi connectivity index (χ1v) is 4.65. The van der Waals surface area contributed by atoms with Gasteiger partial charge in [0, 0.05) is 5.02 Å². The summed E-state index contributed by atoms with van der Waals surface area (Å²) in [5.41, 5.74) is 0.237. The molecule has 1 aromatic carbocycles. The van der Waals surface area contributed by atoms with Gasteiger partial charge in [0.2, 0.25) is 0 Å². The van der Waals surface area contributed by atoms with Crippen LogP contribution >= 0.6 is 11.6 Å². The summed E-state index contributed by atoms with van der Waals surface area (Å²) in [5, 5.41) is 0.0850. The number of aryl methyl sites for hydroxylation is 1. The average Bonchev–Trinajstić information content (AvgIpc) is 1.96. The molecule has 0 bridgehead atoms. The van der Waals surface area contributed by atoms with E-state index in [1.807, 2.05) is 0 Å². The van der Waals surface area contributed by atoms with Crippen molar-refractivity contribution in [3.05, 3.63) is 28.3 Å². The fourth-order valence-corrected chi connectivity index (χ4v) is 1.63. The zero-order chi connectivity index (χ0) is 12.5. The topological polar surface area (TPSA) is 26.3 Å². The highest BCUT2D eigenvalue weighted by Gasteiger charge is 2.33. The Balaban J connectivity index is 3.30. The van der Waals surface area contributed by atoms with Crippen LogP contribution in [0.5, 0.6) is 5.75 Å². The van der Waals surface area contributed by atoms with Crippen LogP contribution in [0.2, 0.25) is 5.02 Å². The lowest BCUT2D eigenvalue weighted by Gasteiger charge is -2.14. The Morgan fingerprint density at radius 2 is 1.94 bits per heavy atom. The van der Waals surface area contributed by atoms with Crippen molar-refractivity contribution in [1.29, 1.82) is 0 Å². The summed E-state index contributed by atoms with van der Waals surface area (Å²) in [4.78, 5) is 11.2. The molecule has 0 aromatic heterocycles. The van der Waals surface area contributed by atoms with Gasteiger partial charge in [-0.2, -0.15) is 0 Å². The van der Waals surface area contributed by atoms with Crippen LogP contribution in [0, 0.1) is 6.92 Å². The van der Waals surface area contributed by atoms with Crippen LogP contribution in [-0.2, 0) is 0 Å². The number of ether oxygens (including phenoxy) is 1. The van der Waals surface area contributed by atoms with E-state index in [9.17, 15) is 18.0 Å². The van der Waals surface area contributed by atoms with E-state index >= 15 is 0 Å². The van der Waals surface area contributed by atoms with Gasteiger partial charge in [-0.25, -0.2) is 0 Å². The maximum absolute atomic E-state index is 12.1. The van der Waals surface area contributed by atoms with E-state index < -0.39 is 17.9 Å². The van der Waals surface area contributed by atoms with Crippen LogP contribution in [-0.4, -0.2) is 12.1 Å². The molecule has 0 unspecified atom stereocenters. The molecule has 88 valence electrons. The summed E-state index contributed by atoms with van der Waals surface area (Å²) in [6.45, 7) is 2.66. The van der Waals surface area contributed by atoms with E-state index in [1.165, 1.54) is 19.9 Å². The molecule has 0 fully saturated rings. The first kappa shape index (κ1) is 12.8. The molecule has 2 nitrogen and oxygen atoms in total. The Bertz CT molecular complexity index is 427. The van der Waals surface area contributed by atoms with E-state index in [-0.39, 0.29) is 10.6 Å². The molecule has 0 radical (unpaired) electrons. The summed E-state index contributed by atoms with van der Waals surface area (Å²) in [7, 11) is 0. The zero-order valence-electron chi connectivity index (χ0n) is 8.48. The number of hydrogen-bond donors (Lipinski definition) is 0. The molecule has 0 atom stereocenters. The van der Waals surface area contributed by atoms with Crippen LogP contribution in [0.3, 0.4) is 0 Å². The molecule has 0 aliphatic heterocycles. The number of halogens is 4. The van der Waals surface area contributed by atoms with E-state index in [2.05, 4.69) is 4.74 Å². The molecule has 0 heterocycles. The number of alkyl halides is 3. The molecular weight excluding hydrogens is 245 g/mol. The Hall–Kier alpha value is -1.23. The van der Waals surface area contributed by atoms with Gasteiger partial charge < -0.3 is 4.74 Å². The summed E-state index contributed by atoms with van der Waals surface area (Å²) in [6.07, 6.45) is -4.85. The van der Waals surface area contributed by atoms with Crippen LogP contribution in [0.1, 0.15) is 22.8 Å². The number of benzene rings is 1. The van der Waals surface area contributed by atoms with Crippen molar-refractivity contribution in [2.45, 2.75) is 20.2 Å². The molecule has 6 heteroatoms. The largest absolute Gasteiger partial charge is 0.573 e. The number of rotatable bonds is 2. The van der Waals surface area contributed by atoms with Crippen molar-refractivity contribution in [2.24, 2.45) is 0 Å². The first-order valence-electron chi connectivity index (χ1n) is 4.27. The Labute approximate surface area is 95.0 Å². The predicted molar refractivity (Wildman–Crippen MR) is 52.9 cm³/mol. The fraction of sp³-hybridized carbons (Fsp3) is 0.300. The standard InChI is InChI=1S/C10H8ClF3O2/c1-5-3-7(11)4-8(9(5)6(2)15)16-10(12,13)14/h3-4H,1-2H3. The minimum Gasteiger partial charge on any atom is -0.405 e. The molecule has 0 aliphatic carbocycles. The monoisotopic (exact) mass is 252 g/mol. The first-order chi connectivity index (χ1) is 7.20. The fourth-order valence-electron chi connectivity index (χ4n) is 1.37. The highest BCUT2D eigenvalue weighted by molar-refractivity contribution is 6.31. The number of hydrogen-bond acceptors (Lipinski definition) is 2. The molecular formula is C10H8ClF3O2. The van der Waals surface area contributed by atoms with Gasteiger partial charge in [-0.05, 0) is 31.5 Å². The lowest BCUT2D eigenvalue weighted by atomic mass is 10.0. The molecule has 16 heavy (non-hydrogen) atoms. The SMILES string of the molecule is CC(=O)c1c(C)cc(Cl)cc1OC(F)(F)F. The molecule has 0 saturated carbocycles. The van der Waals surface area contributed by atoms with E-state index in [0.717, 1.165) is 6.07 Å². The van der Waals surface area contributed by atoms with E-state index in [4.69, 9.17) is 11.6 Å². The summed E-state index contributed by atoms with van der Waals surface area (Å²) in [6, 6.07) is 2.38. The number of carbonyl (C=O) groups excluding carboxylic acids is 1. The quantitative estimate of drug-likeness (QED) is 0.750. The van der Waals surface area contributed by atoms with E-state index in [0.29, 0.717) is 5.56 Å². The Kier molecular flexibility index (Phi) is 3.48. The maximum Gasteiger partial charge on any atom is 0.573 e. The molecule has 0 aliphatic rings. The second kappa shape index (κ2) is 4.33. The third-order valence-corrected chi connectivity index (χ3v) is 2.06.